The maximum Gasteiger partial charge on any atom is 3.00 e. The van der Waals surface area contributed by atoms with Gasteiger partial charge in [-0.1, -0.05) is 41.9 Å². The summed E-state index contributed by atoms with van der Waals surface area (Å²) in [6.07, 6.45) is -0.713. The number of hydrogen-bond donors (Lipinski definition) is 1. The summed E-state index contributed by atoms with van der Waals surface area (Å²) in [7, 11) is 1.61. The van der Waals surface area contributed by atoms with Gasteiger partial charge in [0.25, 0.3) is 0 Å². The summed E-state index contributed by atoms with van der Waals surface area (Å²) in [6, 6.07) is 14.6. The normalized spacial score (nSPS) is 11.5. The standard InChI is InChI=1S/C14H13ClO2.Fe/c1-17-11-8-6-10(7-9-11)14(16)12-4-2-3-5-13(12)15;/h2-9,14,16H,1H3;/q;+3. The van der Waals surface area contributed by atoms with Gasteiger partial charge in [-0.15, -0.1) is 0 Å². The minimum atomic E-state index is -0.713. The zero-order valence-electron chi connectivity index (χ0n) is 9.78. The summed E-state index contributed by atoms with van der Waals surface area (Å²) >= 11 is 6.04. The van der Waals surface area contributed by atoms with Crippen molar-refractivity contribution in [3.05, 3.63) is 64.7 Å². The van der Waals surface area contributed by atoms with Gasteiger partial charge in [0.2, 0.25) is 0 Å². The topological polar surface area (TPSA) is 29.5 Å². The second-order valence-corrected chi connectivity index (χ2v) is 4.10. The van der Waals surface area contributed by atoms with Crippen molar-refractivity contribution >= 4 is 11.6 Å². The Kier molecular flexibility index (Phi) is 5.70. The van der Waals surface area contributed by atoms with Crippen molar-refractivity contribution < 1.29 is 26.9 Å². The summed E-state index contributed by atoms with van der Waals surface area (Å²) in [5.74, 6) is 0.764. The van der Waals surface area contributed by atoms with Gasteiger partial charge in [-0.2, -0.15) is 0 Å². The average molecular weight is 305 g/mol. The first kappa shape index (κ1) is 15.1. The summed E-state index contributed by atoms with van der Waals surface area (Å²) in [5, 5.41) is 10.8. The molecule has 0 heterocycles. The van der Waals surface area contributed by atoms with Crippen molar-refractivity contribution in [3.63, 3.8) is 0 Å². The second-order valence-electron chi connectivity index (χ2n) is 3.70. The molecular weight excluding hydrogens is 291 g/mol. The first-order valence-electron chi connectivity index (χ1n) is 5.29. The Morgan fingerprint density at radius 1 is 1.06 bits per heavy atom. The van der Waals surface area contributed by atoms with Gasteiger partial charge in [0.1, 0.15) is 11.9 Å². The maximum absolute atomic E-state index is 10.2. The van der Waals surface area contributed by atoms with Gasteiger partial charge >= 0.3 is 17.1 Å². The van der Waals surface area contributed by atoms with E-state index in [2.05, 4.69) is 0 Å². The summed E-state index contributed by atoms with van der Waals surface area (Å²) in [4.78, 5) is 0. The molecule has 1 unspecified atom stereocenters. The molecule has 1 N–H and O–H groups in total. The zero-order valence-corrected chi connectivity index (χ0v) is 11.6. The molecule has 0 saturated carbocycles. The van der Waals surface area contributed by atoms with Crippen LogP contribution in [-0.4, -0.2) is 12.2 Å². The first-order chi connectivity index (χ1) is 8.22. The minimum Gasteiger partial charge on any atom is -0.497 e. The van der Waals surface area contributed by atoms with Gasteiger partial charge in [0.05, 0.1) is 7.11 Å². The molecule has 0 amide bonds. The maximum atomic E-state index is 10.2. The summed E-state index contributed by atoms with van der Waals surface area (Å²) in [5.41, 5.74) is 1.50. The molecule has 0 bridgehead atoms. The Balaban J connectivity index is 0.00000162. The van der Waals surface area contributed by atoms with E-state index >= 15 is 0 Å². The summed E-state index contributed by atoms with van der Waals surface area (Å²) in [6.45, 7) is 0. The molecule has 1 radical (unpaired) electrons. The molecule has 0 aliphatic rings. The Morgan fingerprint density at radius 3 is 2.22 bits per heavy atom. The molecule has 0 aliphatic carbocycles. The SMILES string of the molecule is COc1ccc(C(O)c2ccccc2Cl)cc1.[Fe+3]. The fourth-order valence-electron chi connectivity index (χ4n) is 1.66. The molecule has 93 valence electrons. The number of rotatable bonds is 3. The van der Waals surface area contributed by atoms with E-state index in [1.807, 2.05) is 42.5 Å². The van der Waals surface area contributed by atoms with Gasteiger partial charge in [0, 0.05) is 10.6 Å². The van der Waals surface area contributed by atoms with Crippen LogP contribution in [0.15, 0.2) is 48.5 Å². The number of ether oxygens (including phenoxy) is 1. The number of halogens is 1. The van der Waals surface area contributed by atoms with Crippen LogP contribution in [0, 0.1) is 0 Å². The van der Waals surface area contributed by atoms with Crippen LogP contribution in [0.1, 0.15) is 17.2 Å². The third-order valence-corrected chi connectivity index (χ3v) is 2.98. The number of aliphatic hydroxyl groups excluding tert-OH is 1. The van der Waals surface area contributed by atoms with E-state index in [0.717, 1.165) is 11.3 Å². The van der Waals surface area contributed by atoms with Gasteiger partial charge in [-0.3, -0.25) is 0 Å². The van der Waals surface area contributed by atoms with Gasteiger partial charge in [-0.05, 0) is 23.8 Å². The van der Waals surface area contributed by atoms with Crippen LogP contribution in [0.5, 0.6) is 5.75 Å². The number of hydrogen-bond acceptors (Lipinski definition) is 2. The summed E-state index contributed by atoms with van der Waals surface area (Å²) < 4.78 is 5.07. The van der Waals surface area contributed by atoms with Crippen molar-refractivity contribution in [2.24, 2.45) is 0 Å². The minimum absolute atomic E-state index is 0. The van der Waals surface area contributed by atoms with E-state index in [1.54, 1.807) is 13.2 Å². The molecule has 2 nitrogen and oxygen atoms in total. The van der Waals surface area contributed by atoms with E-state index in [9.17, 15) is 5.11 Å². The molecule has 2 rings (SSSR count). The van der Waals surface area contributed by atoms with Crippen molar-refractivity contribution in [2.75, 3.05) is 7.11 Å². The fourth-order valence-corrected chi connectivity index (χ4v) is 1.90. The third kappa shape index (κ3) is 3.27. The monoisotopic (exact) mass is 304 g/mol. The Morgan fingerprint density at radius 2 is 1.67 bits per heavy atom. The Hall–Kier alpha value is -0.991. The molecular formula is C14H13ClFeO2+3. The molecule has 0 spiro atoms. The van der Waals surface area contributed by atoms with Gasteiger partial charge < -0.3 is 9.84 Å². The Bertz CT molecular complexity index is 499. The molecule has 0 aromatic heterocycles. The largest absolute Gasteiger partial charge is 3.00 e. The zero-order chi connectivity index (χ0) is 12.3. The first-order valence-corrected chi connectivity index (χ1v) is 5.66. The molecule has 18 heavy (non-hydrogen) atoms. The molecule has 0 fully saturated rings. The quantitative estimate of drug-likeness (QED) is 0.880. The average Bonchev–Trinajstić information content (AvgIpc) is 2.39. The van der Waals surface area contributed by atoms with Crippen LogP contribution in [0.3, 0.4) is 0 Å². The molecule has 2 aromatic carbocycles. The van der Waals surface area contributed by atoms with E-state index in [1.165, 1.54) is 0 Å². The van der Waals surface area contributed by atoms with Gasteiger partial charge in [0.15, 0.2) is 0 Å². The van der Waals surface area contributed by atoms with E-state index in [-0.39, 0.29) is 17.1 Å². The van der Waals surface area contributed by atoms with Crippen molar-refractivity contribution in [1.82, 2.24) is 0 Å². The third-order valence-electron chi connectivity index (χ3n) is 2.63. The molecule has 1 atom stereocenters. The van der Waals surface area contributed by atoms with Gasteiger partial charge in [-0.25, -0.2) is 0 Å². The van der Waals surface area contributed by atoms with Crippen molar-refractivity contribution in [3.8, 4) is 5.75 Å². The van der Waals surface area contributed by atoms with E-state index < -0.39 is 6.10 Å². The molecule has 4 heteroatoms. The molecule has 2 aromatic rings. The van der Waals surface area contributed by atoms with E-state index in [0.29, 0.717) is 10.6 Å². The molecule has 0 saturated heterocycles. The fraction of sp³-hybridized carbons (Fsp3) is 0.143. The van der Waals surface area contributed by atoms with Crippen LogP contribution in [0.4, 0.5) is 0 Å². The predicted molar refractivity (Wildman–Crippen MR) is 68.5 cm³/mol. The van der Waals surface area contributed by atoms with Crippen LogP contribution in [0.25, 0.3) is 0 Å². The van der Waals surface area contributed by atoms with Crippen molar-refractivity contribution in [2.45, 2.75) is 6.10 Å². The smallest absolute Gasteiger partial charge is 0.497 e. The van der Waals surface area contributed by atoms with Crippen LogP contribution in [-0.2, 0) is 17.1 Å². The predicted octanol–water partition coefficient (Wildman–Crippen LogP) is 3.43. The van der Waals surface area contributed by atoms with Crippen LogP contribution < -0.4 is 4.74 Å². The second kappa shape index (κ2) is 6.81. The number of benzene rings is 2. The van der Waals surface area contributed by atoms with Crippen LogP contribution in [0.2, 0.25) is 5.02 Å². The van der Waals surface area contributed by atoms with Crippen molar-refractivity contribution in [1.29, 1.82) is 0 Å². The number of aliphatic hydroxyl groups is 1. The Labute approximate surface area is 122 Å². The van der Waals surface area contributed by atoms with E-state index in [4.69, 9.17) is 16.3 Å². The molecule has 0 aliphatic heterocycles. The number of methoxy groups -OCH3 is 1. The van der Waals surface area contributed by atoms with Crippen LogP contribution >= 0.6 is 11.6 Å².